The number of carbonyl (C=O) groups is 2. The van der Waals surface area contributed by atoms with Crippen molar-refractivity contribution < 1.29 is 23.8 Å². The first-order valence-corrected chi connectivity index (χ1v) is 10.7. The van der Waals surface area contributed by atoms with E-state index in [0.717, 1.165) is 18.4 Å². The first-order chi connectivity index (χ1) is 14.9. The lowest BCUT2D eigenvalue weighted by Gasteiger charge is -2.25. The van der Waals surface area contributed by atoms with Crippen LogP contribution in [0.1, 0.15) is 55.8 Å². The number of hydrogen-bond acceptors (Lipinski definition) is 4. The molecule has 164 valence electrons. The van der Waals surface area contributed by atoms with Gasteiger partial charge in [0.25, 0.3) is 11.7 Å². The van der Waals surface area contributed by atoms with Gasteiger partial charge in [-0.25, -0.2) is 4.39 Å². The third kappa shape index (κ3) is 4.63. The predicted octanol–water partition coefficient (Wildman–Crippen LogP) is 5.14. The van der Waals surface area contributed by atoms with Crippen LogP contribution in [0.5, 0.6) is 5.75 Å². The van der Waals surface area contributed by atoms with Gasteiger partial charge in [-0.15, -0.1) is 0 Å². The summed E-state index contributed by atoms with van der Waals surface area (Å²) in [6.45, 7) is 6.83. The van der Waals surface area contributed by atoms with E-state index in [-0.39, 0.29) is 11.3 Å². The number of nitrogens with zero attached hydrogens (tertiary/aromatic N) is 1. The second-order valence-electron chi connectivity index (χ2n) is 7.73. The van der Waals surface area contributed by atoms with Gasteiger partial charge in [-0.3, -0.25) is 9.59 Å². The molecule has 1 saturated heterocycles. The van der Waals surface area contributed by atoms with Crippen molar-refractivity contribution >= 4 is 17.4 Å². The van der Waals surface area contributed by atoms with E-state index < -0.39 is 23.5 Å². The van der Waals surface area contributed by atoms with Gasteiger partial charge in [0.15, 0.2) is 0 Å². The van der Waals surface area contributed by atoms with Crippen molar-refractivity contribution in [1.82, 2.24) is 4.90 Å². The van der Waals surface area contributed by atoms with Gasteiger partial charge < -0.3 is 14.7 Å². The monoisotopic (exact) mass is 425 g/mol. The van der Waals surface area contributed by atoms with Crippen LogP contribution in [0.2, 0.25) is 0 Å². The summed E-state index contributed by atoms with van der Waals surface area (Å²) < 4.78 is 19.2. The Morgan fingerprint density at radius 1 is 1.10 bits per heavy atom. The Balaban J connectivity index is 2.09. The van der Waals surface area contributed by atoms with Crippen molar-refractivity contribution in [3.05, 3.63) is 70.5 Å². The number of likely N-dealkylation sites (tertiary alicyclic amines) is 1. The number of aryl methyl sites for hydroxylation is 1. The molecule has 0 aromatic heterocycles. The van der Waals surface area contributed by atoms with Crippen molar-refractivity contribution in [3.8, 4) is 5.75 Å². The Hall–Kier alpha value is -3.15. The highest BCUT2D eigenvalue weighted by Gasteiger charge is 2.45. The fraction of sp³-hybridized carbons (Fsp3) is 0.360. The summed E-state index contributed by atoms with van der Waals surface area (Å²) in [4.78, 5) is 27.2. The first-order valence-electron chi connectivity index (χ1n) is 10.7. The number of amides is 1. The molecule has 0 saturated carbocycles. The zero-order chi connectivity index (χ0) is 22.5. The van der Waals surface area contributed by atoms with Gasteiger partial charge in [-0.1, -0.05) is 32.4 Å². The lowest BCUT2D eigenvalue weighted by molar-refractivity contribution is -0.139. The average Bonchev–Trinajstić information content (AvgIpc) is 3.01. The number of ether oxygens (including phenoxy) is 1. The first kappa shape index (κ1) is 22.5. The summed E-state index contributed by atoms with van der Waals surface area (Å²) >= 11 is 0. The number of hydrogen-bond donors (Lipinski definition) is 1. The minimum absolute atomic E-state index is 0.0225. The van der Waals surface area contributed by atoms with Crippen LogP contribution >= 0.6 is 0 Å². The Labute approximate surface area is 182 Å². The summed E-state index contributed by atoms with van der Waals surface area (Å²) in [6, 6.07) is 10.1. The molecule has 1 aliphatic rings. The Kier molecular flexibility index (Phi) is 7.10. The van der Waals surface area contributed by atoms with Crippen LogP contribution in [0, 0.1) is 12.7 Å². The van der Waals surface area contributed by atoms with Gasteiger partial charge >= 0.3 is 0 Å². The molecule has 0 aliphatic carbocycles. The van der Waals surface area contributed by atoms with Crippen LogP contribution in [-0.2, 0) is 9.59 Å². The number of aliphatic hydroxyl groups is 1. The molecule has 1 fully saturated rings. The normalized spacial score (nSPS) is 17.9. The van der Waals surface area contributed by atoms with Crippen LogP contribution < -0.4 is 4.74 Å². The number of aliphatic hydroxyl groups excluding tert-OH is 1. The Morgan fingerprint density at radius 2 is 1.81 bits per heavy atom. The molecular weight excluding hydrogens is 397 g/mol. The smallest absolute Gasteiger partial charge is 0.295 e. The van der Waals surface area contributed by atoms with Gasteiger partial charge in [0, 0.05) is 12.1 Å². The molecule has 1 aliphatic heterocycles. The molecule has 1 unspecified atom stereocenters. The number of Topliss-reactive ketones (excluding diaryl/α,β-unsaturated/α-hetero) is 1. The molecule has 3 rings (SSSR count). The van der Waals surface area contributed by atoms with E-state index in [1.165, 1.54) is 17.0 Å². The minimum Gasteiger partial charge on any atom is -0.507 e. The summed E-state index contributed by atoms with van der Waals surface area (Å²) in [5, 5.41) is 11.1. The standard InChI is InChI=1S/C25H28FNO4/c1-4-6-13-27-22(17-7-10-19(26)11-8-17)21(24(29)25(27)30)23(28)18-9-12-20(16(3)15-18)31-14-5-2/h7-12,15,22,28H,4-6,13-14H2,1-3H3/b23-21-. The lowest BCUT2D eigenvalue weighted by Crippen LogP contribution is -2.30. The van der Waals surface area contributed by atoms with E-state index in [2.05, 4.69) is 0 Å². The average molecular weight is 426 g/mol. The quantitative estimate of drug-likeness (QED) is 0.361. The van der Waals surface area contributed by atoms with E-state index in [0.29, 0.717) is 36.4 Å². The van der Waals surface area contributed by atoms with E-state index >= 15 is 0 Å². The lowest BCUT2D eigenvalue weighted by atomic mass is 9.94. The van der Waals surface area contributed by atoms with Crippen LogP contribution in [0.25, 0.3) is 5.76 Å². The van der Waals surface area contributed by atoms with Gasteiger partial charge in [0.05, 0.1) is 18.2 Å². The summed E-state index contributed by atoms with van der Waals surface area (Å²) in [7, 11) is 0. The van der Waals surface area contributed by atoms with Crippen LogP contribution in [-0.4, -0.2) is 34.8 Å². The zero-order valence-electron chi connectivity index (χ0n) is 18.2. The summed E-state index contributed by atoms with van der Waals surface area (Å²) in [6.07, 6.45) is 2.44. The van der Waals surface area contributed by atoms with Crippen molar-refractivity contribution in [2.75, 3.05) is 13.2 Å². The molecule has 2 aromatic carbocycles. The number of rotatable bonds is 8. The second kappa shape index (κ2) is 9.77. The molecule has 1 N–H and O–H groups in total. The maximum Gasteiger partial charge on any atom is 0.295 e. The van der Waals surface area contributed by atoms with Crippen molar-refractivity contribution in [2.45, 2.75) is 46.1 Å². The van der Waals surface area contributed by atoms with Crippen LogP contribution in [0.4, 0.5) is 4.39 Å². The number of halogens is 1. The second-order valence-corrected chi connectivity index (χ2v) is 7.73. The van der Waals surface area contributed by atoms with Gasteiger partial charge in [0.2, 0.25) is 0 Å². The summed E-state index contributed by atoms with van der Waals surface area (Å²) in [5.74, 6) is -1.32. The predicted molar refractivity (Wildman–Crippen MR) is 117 cm³/mol. The minimum atomic E-state index is -0.761. The molecule has 31 heavy (non-hydrogen) atoms. The maximum atomic E-state index is 13.5. The maximum absolute atomic E-state index is 13.5. The third-order valence-corrected chi connectivity index (χ3v) is 5.39. The number of benzene rings is 2. The highest BCUT2D eigenvalue weighted by molar-refractivity contribution is 6.46. The Morgan fingerprint density at radius 3 is 2.42 bits per heavy atom. The van der Waals surface area contributed by atoms with E-state index in [1.807, 2.05) is 20.8 Å². The topological polar surface area (TPSA) is 66.8 Å². The highest BCUT2D eigenvalue weighted by Crippen LogP contribution is 2.40. The highest BCUT2D eigenvalue weighted by atomic mass is 19.1. The third-order valence-electron chi connectivity index (χ3n) is 5.39. The molecule has 1 amide bonds. The number of carbonyl (C=O) groups excluding carboxylic acids is 2. The van der Waals surface area contributed by atoms with Gasteiger partial charge in [-0.2, -0.15) is 0 Å². The van der Waals surface area contributed by atoms with Gasteiger partial charge in [0.1, 0.15) is 17.3 Å². The molecule has 0 spiro atoms. The van der Waals surface area contributed by atoms with Crippen LogP contribution in [0.15, 0.2) is 48.0 Å². The fourth-order valence-electron chi connectivity index (χ4n) is 3.76. The number of ketones is 1. The van der Waals surface area contributed by atoms with Crippen molar-refractivity contribution in [1.29, 1.82) is 0 Å². The Bertz CT molecular complexity index is 997. The van der Waals surface area contributed by atoms with Crippen molar-refractivity contribution in [3.63, 3.8) is 0 Å². The molecule has 1 heterocycles. The number of unbranched alkanes of at least 4 members (excludes halogenated alkanes) is 1. The SMILES string of the molecule is CCCCN1C(=O)C(=O)/C(=C(\O)c2ccc(OCCC)c(C)c2)C1c1ccc(F)cc1. The largest absolute Gasteiger partial charge is 0.507 e. The van der Waals surface area contributed by atoms with Crippen LogP contribution in [0.3, 0.4) is 0 Å². The van der Waals surface area contributed by atoms with E-state index in [1.54, 1.807) is 30.3 Å². The molecule has 1 atom stereocenters. The molecule has 6 heteroatoms. The molecular formula is C25H28FNO4. The van der Waals surface area contributed by atoms with Gasteiger partial charge in [-0.05, 0) is 61.2 Å². The fourth-order valence-corrected chi connectivity index (χ4v) is 3.76. The molecule has 0 radical (unpaired) electrons. The molecule has 0 bridgehead atoms. The zero-order valence-corrected chi connectivity index (χ0v) is 18.2. The van der Waals surface area contributed by atoms with E-state index in [9.17, 15) is 19.1 Å². The van der Waals surface area contributed by atoms with E-state index in [4.69, 9.17) is 4.74 Å². The van der Waals surface area contributed by atoms with Crippen molar-refractivity contribution in [2.24, 2.45) is 0 Å². The molecule has 2 aromatic rings. The summed E-state index contributed by atoms with van der Waals surface area (Å²) in [5.41, 5.74) is 1.85. The molecule has 5 nitrogen and oxygen atoms in total.